The molecule has 5 heteroatoms. The monoisotopic (exact) mass is 209 g/mol. The van der Waals surface area contributed by atoms with Crippen LogP contribution in [-0.2, 0) is 0 Å². The minimum atomic E-state index is -4.61. The summed E-state index contributed by atoms with van der Waals surface area (Å²) in [5.41, 5.74) is -2.68. The molecule has 0 unspecified atom stereocenters. The summed E-state index contributed by atoms with van der Waals surface area (Å²) in [5.74, 6) is 1.98. The van der Waals surface area contributed by atoms with Gasteiger partial charge in [-0.15, -0.1) is 6.42 Å². The number of alkyl halides is 3. The molecule has 1 atom stereocenters. The average Bonchev–Trinajstić information content (AvgIpc) is 1.96. The number of aliphatic hydroxyl groups is 1. The maximum absolute atomic E-state index is 12.1. The summed E-state index contributed by atoms with van der Waals surface area (Å²) in [5, 5.41) is 10.3. The standard InChI is InChI=1S/C9H14F3NO/c1-5-8(6-14,7(2,3)4)13-9(10,11)12/h1,13-14H,6H2,2-4H3/t8-/m1/s1. The van der Waals surface area contributed by atoms with Crippen molar-refractivity contribution in [1.29, 1.82) is 0 Å². The normalized spacial score (nSPS) is 17.3. The second kappa shape index (κ2) is 3.79. The van der Waals surface area contributed by atoms with Gasteiger partial charge in [-0.1, -0.05) is 26.7 Å². The highest BCUT2D eigenvalue weighted by Gasteiger charge is 2.47. The first-order valence-corrected chi connectivity index (χ1v) is 4.03. The van der Waals surface area contributed by atoms with Crippen LogP contribution in [0.2, 0.25) is 0 Å². The Hall–Kier alpha value is -0.730. The lowest BCUT2D eigenvalue weighted by atomic mass is 9.74. The van der Waals surface area contributed by atoms with Crippen LogP contribution in [-0.4, -0.2) is 23.6 Å². The van der Waals surface area contributed by atoms with Crippen LogP contribution in [0.1, 0.15) is 20.8 Å². The van der Waals surface area contributed by atoms with Gasteiger partial charge in [0, 0.05) is 0 Å². The third kappa shape index (κ3) is 2.89. The van der Waals surface area contributed by atoms with Crippen LogP contribution in [0, 0.1) is 17.8 Å². The summed E-state index contributed by atoms with van der Waals surface area (Å²) >= 11 is 0. The molecule has 0 aromatic heterocycles. The molecule has 0 aliphatic rings. The quantitative estimate of drug-likeness (QED) is 0.533. The van der Waals surface area contributed by atoms with Crippen LogP contribution < -0.4 is 5.32 Å². The highest BCUT2D eigenvalue weighted by Crippen LogP contribution is 2.32. The Morgan fingerprint density at radius 1 is 1.29 bits per heavy atom. The summed E-state index contributed by atoms with van der Waals surface area (Å²) in [6.45, 7) is 3.82. The molecule has 14 heavy (non-hydrogen) atoms. The van der Waals surface area contributed by atoms with Crippen LogP contribution in [0.15, 0.2) is 0 Å². The molecule has 0 radical (unpaired) electrons. The van der Waals surface area contributed by atoms with Gasteiger partial charge in [0.2, 0.25) is 0 Å². The summed E-state index contributed by atoms with van der Waals surface area (Å²) < 4.78 is 36.4. The lowest BCUT2D eigenvalue weighted by Crippen LogP contribution is -2.61. The lowest BCUT2D eigenvalue weighted by molar-refractivity contribution is -0.183. The fourth-order valence-electron chi connectivity index (χ4n) is 1.00. The lowest BCUT2D eigenvalue weighted by Gasteiger charge is -2.40. The van der Waals surface area contributed by atoms with Crippen molar-refractivity contribution < 1.29 is 18.3 Å². The van der Waals surface area contributed by atoms with E-state index in [0.29, 0.717) is 0 Å². The third-order valence-electron chi connectivity index (χ3n) is 2.12. The number of nitrogens with one attached hydrogen (secondary N) is 1. The SMILES string of the molecule is C#C[C@](CO)(NC(F)(F)F)C(C)(C)C. The molecule has 0 amide bonds. The first-order chi connectivity index (χ1) is 6.08. The fraction of sp³-hybridized carbons (Fsp3) is 0.778. The van der Waals surface area contributed by atoms with Crippen molar-refractivity contribution in [1.82, 2.24) is 5.32 Å². The van der Waals surface area contributed by atoms with E-state index in [-0.39, 0.29) is 0 Å². The van der Waals surface area contributed by atoms with Crippen molar-refractivity contribution in [2.24, 2.45) is 5.41 Å². The van der Waals surface area contributed by atoms with Gasteiger partial charge in [-0.25, -0.2) is 5.32 Å². The minimum Gasteiger partial charge on any atom is -0.393 e. The molecule has 0 saturated carbocycles. The van der Waals surface area contributed by atoms with E-state index in [1.165, 1.54) is 26.1 Å². The van der Waals surface area contributed by atoms with Crippen LogP contribution in [0.4, 0.5) is 13.2 Å². The van der Waals surface area contributed by atoms with Crippen LogP contribution in [0.3, 0.4) is 0 Å². The smallest absolute Gasteiger partial charge is 0.393 e. The van der Waals surface area contributed by atoms with E-state index in [4.69, 9.17) is 11.5 Å². The Morgan fingerprint density at radius 3 is 1.79 bits per heavy atom. The molecule has 0 rings (SSSR count). The molecular weight excluding hydrogens is 195 g/mol. The van der Waals surface area contributed by atoms with E-state index in [1.807, 2.05) is 5.92 Å². The molecule has 2 nitrogen and oxygen atoms in total. The van der Waals surface area contributed by atoms with Gasteiger partial charge in [0.05, 0.1) is 6.61 Å². The van der Waals surface area contributed by atoms with Crippen molar-refractivity contribution >= 4 is 0 Å². The van der Waals surface area contributed by atoms with E-state index in [1.54, 1.807) is 0 Å². The van der Waals surface area contributed by atoms with Gasteiger partial charge in [-0.3, -0.25) is 0 Å². The topological polar surface area (TPSA) is 32.3 Å². The molecule has 0 aromatic rings. The Balaban J connectivity index is 5.04. The Kier molecular flexibility index (Phi) is 3.60. The van der Waals surface area contributed by atoms with Gasteiger partial charge in [-0.05, 0) is 5.41 Å². The van der Waals surface area contributed by atoms with Gasteiger partial charge < -0.3 is 5.11 Å². The molecule has 0 aliphatic carbocycles. The van der Waals surface area contributed by atoms with Crippen molar-refractivity contribution in [3.63, 3.8) is 0 Å². The summed E-state index contributed by atoms with van der Waals surface area (Å²) in [6.07, 6.45) is 0.430. The summed E-state index contributed by atoms with van der Waals surface area (Å²) in [7, 11) is 0. The Labute approximate surface area is 81.5 Å². The van der Waals surface area contributed by atoms with Gasteiger partial charge in [0.1, 0.15) is 5.54 Å². The zero-order valence-corrected chi connectivity index (χ0v) is 8.37. The Bertz CT molecular complexity index is 236. The zero-order chi connectivity index (χ0) is 11.6. The number of hydrogen-bond donors (Lipinski definition) is 2. The molecule has 2 N–H and O–H groups in total. The summed E-state index contributed by atoms with van der Waals surface area (Å²) in [4.78, 5) is 0. The molecule has 0 fully saturated rings. The van der Waals surface area contributed by atoms with E-state index >= 15 is 0 Å². The average molecular weight is 209 g/mol. The number of halogens is 3. The summed E-state index contributed by atoms with van der Waals surface area (Å²) in [6, 6.07) is 0. The first-order valence-electron chi connectivity index (χ1n) is 4.03. The highest BCUT2D eigenvalue weighted by molar-refractivity contribution is 5.19. The highest BCUT2D eigenvalue weighted by atomic mass is 19.4. The van der Waals surface area contributed by atoms with Gasteiger partial charge in [-0.2, -0.15) is 13.2 Å². The van der Waals surface area contributed by atoms with E-state index in [2.05, 4.69) is 0 Å². The van der Waals surface area contributed by atoms with Gasteiger partial charge in [0.15, 0.2) is 0 Å². The van der Waals surface area contributed by atoms with Crippen LogP contribution in [0.5, 0.6) is 0 Å². The van der Waals surface area contributed by atoms with E-state index in [9.17, 15) is 13.2 Å². The molecule has 0 bridgehead atoms. The van der Waals surface area contributed by atoms with Crippen molar-refractivity contribution in [2.45, 2.75) is 32.6 Å². The first kappa shape index (κ1) is 13.3. The minimum absolute atomic E-state index is 0.771. The maximum atomic E-state index is 12.1. The van der Waals surface area contributed by atoms with Crippen LogP contribution >= 0.6 is 0 Å². The number of aliphatic hydroxyl groups excluding tert-OH is 1. The molecular formula is C9H14F3NO. The second-order valence-electron chi connectivity index (χ2n) is 4.08. The molecule has 0 heterocycles. The van der Waals surface area contributed by atoms with Crippen molar-refractivity contribution in [2.75, 3.05) is 6.61 Å². The Morgan fingerprint density at radius 2 is 1.71 bits per heavy atom. The number of hydrogen-bond acceptors (Lipinski definition) is 2. The molecule has 0 spiro atoms. The molecule has 0 aliphatic heterocycles. The molecule has 0 saturated heterocycles. The van der Waals surface area contributed by atoms with Crippen molar-refractivity contribution in [3.05, 3.63) is 0 Å². The molecule has 82 valence electrons. The van der Waals surface area contributed by atoms with Gasteiger partial charge >= 0.3 is 6.30 Å². The number of terminal acetylenes is 1. The van der Waals surface area contributed by atoms with Gasteiger partial charge in [0.25, 0.3) is 0 Å². The van der Waals surface area contributed by atoms with Crippen molar-refractivity contribution in [3.8, 4) is 12.3 Å². The largest absolute Gasteiger partial charge is 0.458 e. The van der Waals surface area contributed by atoms with E-state index < -0.39 is 23.9 Å². The predicted molar refractivity (Wildman–Crippen MR) is 47.3 cm³/mol. The maximum Gasteiger partial charge on any atom is 0.458 e. The third-order valence-corrected chi connectivity index (χ3v) is 2.12. The van der Waals surface area contributed by atoms with Crippen LogP contribution in [0.25, 0.3) is 0 Å². The van der Waals surface area contributed by atoms with E-state index in [0.717, 1.165) is 0 Å². The predicted octanol–water partition coefficient (Wildman–Crippen LogP) is 1.51. The number of rotatable bonds is 2. The molecule has 0 aromatic carbocycles. The fourth-order valence-corrected chi connectivity index (χ4v) is 1.00. The second-order valence-corrected chi connectivity index (χ2v) is 4.08. The zero-order valence-electron chi connectivity index (χ0n) is 8.37.